The average molecular weight is 366 g/mol. The van der Waals surface area contributed by atoms with E-state index in [0.29, 0.717) is 5.02 Å². The minimum Gasteiger partial charge on any atom is -0.399 e. The third-order valence-corrected chi connectivity index (χ3v) is 4.54. The zero-order valence-corrected chi connectivity index (χ0v) is 13.5. The number of aromatic nitrogens is 1. The van der Waals surface area contributed by atoms with Crippen molar-refractivity contribution in [2.45, 2.75) is 0 Å². The van der Waals surface area contributed by atoms with E-state index in [9.17, 15) is 0 Å². The normalized spacial score (nSPS) is 10.7. The van der Waals surface area contributed by atoms with Gasteiger partial charge in [-0.15, -0.1) is 11.3 Å². The number of hydrogen-bond acceptors (Lipinski definition) is 3. The fraction of sp³-hybridized carbons (Fsp3) is 0. The van der Waals surface area contributed by atoms with E-state index in [1.54, 1.807) is 11.3 Å². The molecule has 1 heterocycles. The van der Waals surface area contributed by atoms with Gasteiger partial charge in [0.1, 0.15) is 5.01 Å². The highest BCUT2D eigenvalue weighted by molar-refractivity contribution is 9.10. The number of hydrogen-bond donors (Lipinski definition) is 1. The summed E-state index contributed by atoms with van der Waals surface area (Å²) in [4.78, 5) is 4.65. The third kappa shape index (κ3) is 2.73. The molecule has 0 atom stereocenters. The van der Waals surface area contributed by atoms with Gasteiger partial charge < -0.3 is 5.73 Å². The highest BCUT2D eigenvalue weighted by Crippen LogP contribution is 2.34. The summed E-state index contributed by atoms with van der Waals surface area (Å²) in [5.41, 5.74) is 9.38. The van der Waals surface area contributed by atoms with Crippen LogP contribution in [0.3, 0.4) is 0 Å². The first-order valence-electron chi connectivity index (χ1n) is 5.90. The van der Waals surface area contributed by atoms with Crippen molar-refractivity contribution in [1.82, 2.24) is 4.98 Å². The molecule has 0 saturated carbocycles. The zero-order chi connectivity index (χ0) is 14.1. The molecular weight excluding hydrogens is 356 g/mol. The van der Waals surface area contributed by atoms with Gasteiger partial charge in [-0.1, -0.05) is 45.7 Å². The number of anilines is 1. The molecule has 0 aliphatic carbocycles. The number of nitrogen functional groups attached to an aromatic ring is 1. The van der Waals surface area contributed by atoms with Crippen LogP contribution in [0.5, 0.6) is 0 Å². The van der Waals surface area contributed by atoms with Gasteiger partial charge in [-0.2, -0.15) is 0 Å². The van der Waals surface area contributed by atoms with Crippen LogP contribution < -0.4 is 5.73 Å². The van der Waals surface area contributed by atoms with E-state index in [1.165, 1.54) is 0 Å². The third-order valence-electron chi connectivity index (χ3n) is 2.84. The van der Waals surface area contributed by atoms with E-state index in [-0.39, 0.29) is 0 Å². The molecule has 0 aliphatic rings. The molecule has 0 saturated heterocycles. The van der Waals surface area contributed by atoms with Crippen molar-refractivity contribution in [3.05, 3.63) is 57.3 Å². The van der Waals surface area contributed by atoms with E-state index < -0.39 is 0 Å². The summed E-state index contributed by atoms with van der Waals surface area (Å²) in [6.45, 7) is 0. The van der Waals surface area contributed by atoms with Crippen molar-refractivity contribution in [2.75, 3.05) is 5.73 Å². The number of nitrogens with zero attached hydrogens (tertiary/aromatic N) is 1. The molecular formula is C15H10BrClN2S. The molecule has 2 nitrogen and oxygen atoms in total. The number of benzene rings is 2. The average Bonchev–Trinajstić information content (AvgIpc) is 2.88. The van der Waals surface area contributed by atoms with Gasteiger partial charge in [0.05, 0.1) is 10.7 Å². The lowest BCUT2D eigenvalue weighted by Gasteiger charge is -2.01. The Labute approximate surface area is 134 Å². The monoisotopic (exact) mass is 364 g/mol. The molecule has 100 valence electrons. The van der Waals surface area contributed by atoms with E-state index in [4.69, 9.17) is 17.3 Å². The predicted octanol–water partition coefficient (Wildman–Crippen LogP) is 5.48. The van der Waals surface area contributed by atoms with Crippen molar-refractivity contribution in [1.29, 1.82) is 0 Å². The SMILES string of the molecule is Nc1cccc(-c2nc(-c3ccc(Br)cc3Cl)cs2)c1. The Hall–Kier alpha value is -1.36. The lowest BCUT2D eigenvalue weighted by atomic mass is 10.2. The van der Waals surface area contributed by atoms with Crippen molar-refractivity contribution in [3.8, 4) is 21.8 Å². The Morgan fingerprint density at radius 1 is 1.15 bits per heavy atom. The summed E-state index contributed by atoms with van der Waals surface area (Å²) in [5.74, 6) is 0. The van der Waals surface area contributed by atoms with E-state index in [0.717, 1.165) is 32.0 Å². The molecule has 0 spiro atoms. The van der Waals surface area contributed by atoms with Crippen LogP contribution in [0.2, 0.25) is 5.02 Å². The molecule has 2 N–H and O–H groups in total. The van der Waals surface area contributed by atoms with Gasteiger partial charge >= 0.3 is 0 Å². The Kier molecular flexibility index (Phi) is 3.78. The van der Waals surface area contributed by atoms with E-state index in [2.05, 4.69) is 20.9 Å². The van der Waals surface area contributed by atoms with Gasteiger partial charge in [-0.05, 0) is 24.3 Å². The van der Waals surface area contributed by atoms with E-state index in [1.807, 2.05) is 47.8 Å². The fourth-order valence-electron chi connectivity index (χ4n) is 1.90. The highest BCUT2D eigenvalue weighted by atomic mass is 79.9. The van der Waals surface area contributed by atoms with Crippen LogP contribution in [0.4, 0.5) is 5.69 Å². The molecule has 0 unspecified atom stereocenters. The summed E-state index contributed by atoms with van der Waals surface area (Å²) in [5, 5.41) is 3.63. The van der Waals surface area contributed by atoms with Crippen molar-refractivity contribution in [3.63, 3.8) is 0 Å². The smallest absolute Gasteiger partial charge is 0.124 e. The van der Waals surface area contributed by atoms with Crippen LogP contribution in [0.25, 0.3) is 21.8 Å². The molecule has 3 rings (SSSR count). The van der Waals surface area contributed by atoms with Crippen LogP contribution in [0, 0.1) is 0 Å². The largest absolute Gasteiger partial charge is 0.399 e. The topological polar surface area (TPSA) is 38.9 Å². The van der Waals surface area contributed by atoms with Gasteiger partial charge in [0.15, 0.2) is 0 Å². The van der Waals surface area contributed by atoms with E-state index >= 15 is 0 Å². The molecule has 1 aromatic heterocycles. The minimum absolute atomic E-state index is 0.684. The van der Waals surface area contributed by atoms with Crippen molar-refractivity contribution < 1.29 is 0 Å². The van der Waals surface area contributed by atoms with Crippen LogP contribution in [0.15, 0.2) is 52.3 Å². The van der Waals surface area contributed by atoms with Gasteiger partial charge in [0.25, 0.3) is 0 Å². The minimum atomic E-state index is 0.684. The first kappa shape index (κ1) is 13.6. The second kappa shape index (κ2) is 5.56. The van der Waals surface area contributed by atoms with Crippen LogP contribution in [-0.2, 0) is 0 Å². The maximum absolute atomic E-state index is 6.26. The van der Waals surface area contributed by atoms with Crippen LogP contribution >= 0.6 is 38.9 Å². The maximum Gasteiger partial charge on any atom is 0.124 e. The standard InChI is InChI=1S/C15H10BrClN2S/c16-10-4-5-12(13(17)7-10)14-8-20-15(19-14)9-2-1-3-11(18)6-9/h1-8H,18H2. The van der Waals surface area contributed by atoms with Crippen molar-refractivity contribution >= 4 is 44.6 Å². The molecule has 0 amide bonds. The fourth-order valence-corrected chi connectivity index (χ4v) is 3.49. The lowest BCUT2D eigenvalue weighted by molar-refractivity contribution is 1.40. The number of rotatable bonds is 2. The van der Waals surface area contributed by atoms with Gasteiger partial charge in [-0.25, -0.2) is 4.98 Å². The number of nitrogens with two attached hydrogens (primary N) is 1. The van der Waals surface area contributed by atoms with Gasteiger partial charge in [0.2, 0.25) is 0 Å². The Morgan fingerprint density at radius 3 is 2.75 bits per heavy atom. The molecule has 0 fully saturated rings. The summed E-state index contributed by atoms with van der Waals surface area (Å²) < 4.78 is 0.956. The van der Waals surface area contributed by atoms with Crippen LogP contribution in [0.1, 0.15) is 0 Å². The van der Waals surface area contributed by atoms with Crippen molar-refractivity contribution in [2.24, 2.45) is 0 Å². The molecule has 2 aromatic carbocycles. The molecule has 0 radical (unpaired) electrons. The highest BCUT2D eigenvalue weighted by Gasteiger charge is 2.10. The Balaban J connectivity index is 2.02. The number of thiazole rings is 1. The first-order chi connectivity index (χ1) is 9.63. The summed E-state index contributed by atoms with van der Waals surface area (Å²) >= 11 is 11.2. The zero-order valence-electron chi connectivity index (χ0n) is 10.3. The second-order valence-corrected chi connectivity index (χ2v) is 6.47. The van der Waals surface area contributed by atoms with Gasteiger partial charge in [0, 0.05) is 26.7 Å². The quantitative estimate of drug-likeness (QED) is 0.611. The first-order valence-corrected chi connectivity index (χ1v) is 7.95. The summed E-state index contributed by atoms with van der Waals surface area (Å²) in [7, 11) is 0. The molecule has 20 heavy (non-hydrogen) atoms. The Bertz CT molecular complexity index is 770. The lowest BCUT2D eigenvalue weighted by Crippen LogP contribution is -1.85. The van der Waals surface area contributed by atoms with Gasteiger partial charge in [-0.3, -0.25) is 0 Å². The number of halogens is 2. The van der Waals surface area contributed by atoms with Crippen LogP contribution in [-0.4, -0.2) is 4.98 Å². The summed E-state index contributed by atoms with van der Waals surface area (Å²) in [6.07, 6.45) is 0. The maximum atomic E-state index is 6.26. The second-order valence-electron chi connectivity index (χ2n) is 4.29. The molecule has 0 aliphatic heterocycles. The summed E-state index contributed by atoms with van der Waals surface area (Å²) in [6, 6.07) is 13.5. The predicted molar refractivity (Wildman–Crippen MR) is 90.1 cm³/mol. The molecule has 3 aromatic rings. The molecule has 0 bridgehead atoms. The Morgan fingerprint density at radius 2 is 2.00 bits per heavy atom. The molecule has 5 heteroatoms.